The van der Waals surface area contributed by atoms with E-state index in [9.17, 15) is 10.2 Å². The quantitative estimate of drug-likeness (QED) is 0.613. The van der Waals surface area contributed by atoms with Gasteiger partial charge < -0.3 is 20.6 Å². The van der Waals surface area contributed by atoms with Crippen molar-refractivity contribution < 1.29 is 15.3 Å². The van der Waals surface area contributed by atoms with E-state index in [4.69, 9.17) is 5.11 Å². The first kappa shape index (κ1) is 12.8. The second kappa shape index (κ2) is 5.72. The van der Waals surface area contributed by atoms with E-state index in [0.29, 0.717) is 5.56 Å². The molecular formula is C12H19NO3. The molecule has 0 spiro atoms. The van der Waals surface area contributed by atoms with Crippen LogP contribution in [0, 0.1) is 0 Å². The van der Waals surface area contributed by atoms with Crippen LogP contribution < -0.4 is 5.32 Å². The smallest absolute Gasteiger partial charge is 0.124 e. The van der Waals surface area contributed by atoms with Crippen LogP contribution in [0.25, 0.3) is 0 Å². The van der Waals surface area contributed by atoms with Gasteiger partial charge in [0.1, 0.15) is 11.5 Å². The van der Waals surface area contributed by atoms with Gasteiger partial charge >= 0.3 is 0 Å². The molecule has 90 valence electrons. The third-order valence-corrected chi connectivity index (χ3v) is 2.68. The Bertz CT molecular complexity index is 337. The first-order valence-electron chi connectivity index (χ1n) is 5.47. The molecule has 0 bridgehead atoms. The van der Waals surface area contributed by atoms with E-state index in [1.807, 2.05) is 13.8 Å². The molecule has 2 atom stereocenters. The van der Waals surface area contributed by atoms with Gasteiger partial charge in [-0.25, -0.2) is 0 Å². The molecule has 4 heteroatoms. The van der Waals surface area contributed by atoms with Gasteiger partial charge in [0.05, 0.1) is 6.61 Å². The van der Waals surface area contributed by atoms with Gasteiger partial charge in [0.15, 0.2) is 0 Å². The van der Waals surface area contributed by atoms with Gasteiger partial charge in [0, 0.05) is 23.7 Å². The molecule has 4 nitrogen and oxygen atoms in total. The summed E-state index contributed by atoms with van der Waals surface area (Å²) in [5.41, 5.74) is 0.713. The van der Waals surface area contributed by atoms with E-state index in [0.717, 1.165) is 6.42 Å². The molecule has 0 heterocycles. The number of hydrogen-bond acceptors (Lipinski definition) is 4. The molecule has 0 amide bonds. The molecule has 2 unspecified atom stereocenters. The van der Waals surface area contributed by atoms with Crippen LogP contribution in [-0.4, -0.2) is 28.0 Å². The third kappa shape index (κ3) is 3.12. The lowest BCUT2D eigenvalue weighted by molar-refractivity contribution is 0.229. The SMILES string of the molecule is CCC(CO)NC(C)c1ccc(O)cc1O. The van der Waals surface area contributed by atoms with Gasteiger partial charge in [0.25, 0.3) is 0 Å². The fraction of sp³-hybridized carbons (Fsp3) is 0.500. The Hall–Kier alpha value is -1.26. The van der Waals surface area contributed by atoms with Gasteiger partial charge in [-0.15, -0.1) is 0 Å². The Morgan fingerprint density at radius 3 is 2.50 bits per heavy atom. The molecule has 4 N–H and O–H groups in total. The molecule has 1 rings (SSSR count). The Balaban J connectivity index is 2.76. The zero-order valence-corrected chi connectivity index (χ0v) is 9.64. The van der Waals surface area contributed by atoms with Crippen molar-refractivity contribution in [3.8, 4) is 11.5 Å². The summed E-state index contributed by atoms with van der Waals surface area (Å²) in [5, 5.41) is 31.1. The van der Waals surface area contributed by atoms with Crippen LogP contribution in [0.5, 0.6) is 11.5 Å². The van der Waals surface area contributed by atoms with E-state index in [-0.39, 0.29) is 30.2 Å². The lowest BCUT2D eigenvalue weighted by Crippen LogP contribution is -2.33. The number of aromatic hydroxyl groups is 2. The summed E-state index contributed by atoms with van der Waals surface area (Å²) in [6.45, 7) is 3.96. The van der Waals surface area contributed by atoms with Crippen molar-refractivity contribution in [1.29, 1.82) is 0 Å². The van der Waals surface area contributed by atoms with Gasteiger partial charge in [-0.1, -0.05) is 13.0 Å². The van der Waals surface area contributed by atoms with Crippen molar-refractivity contribution in [2.75, 3.05) is 6.61 Å². The van der Waals surface area contributed by atoms with Crippen molar-refractivity contribution in [2.45, 2.75) is 32.4 Å². The maximum atomic E-state index is 9.66. The first-order valence-corrected chi connectivity index (χ1v) is 5.47. The van der Waals surface area contributed by atoms with Crippen LogP contribution in [0.1, 0.15) is 31.9 Å². The molecule has 0 saturated carbocycles. The van der Waals surface area contributed by atoms with Crippen molar-refractivity contribution in [1.82, 2.24) is 5.32 Å². The Kier molecular flexibility index (Phi) is 4.58. The highest BCUT2D eigenvalue weighted by Gasteiger charge is 2.14. The number of nitrogens with one attached hydrogen (secondary N) is 1. The van der Waals surface area contributed by atoms with E-state index in [1.54, 1.807) is 6.07 Å². The topological polar surface area (TPSA) is 72.7 Å². The number of phenols is 2. The minimum Gasteiger partial charge on any atom is -0.508 e. The fourth-order valence-electron chi connectivity index (χ4n) is 1.64. The molecule has 0 aromatic heterocycles. The van der Waals surface area contributed by atoms with Crippen molar-refractivity contribution in [2.24, 2.45) is 0 Å². The lowest BCUT2D eigenvalue weighted by atomic mass is 10.1. The van der Waals surface area contributed by atoms with Gasteiger partial charge in [-0.05, 0) is 19.4 Å². The van der Waals surface area contributed by atoms with Crippen LogP contribution in [0.3, 0.4) is 0 Å². The summed E-state index contributed by atoms with van der Waals surface area (Å²) in [5.74, 6) is 0.107. The molecule has 0 aliphatic carbocycles. The van der Waals surface area contributed by atoms with Crippen LogP contribution >= 0.6 is 0 Å². The zero-order chi connectivity index (χ0) is 12.1. The van der Waals surface area contributed by atoms with Crippen LogP contribution in [-0.2, 0) is 0 Å². The molecule has 0 saturated heterocycles. The van der Waals surface area contributed by atoms with Crippen molar-refractivity contribution in [3.63, 3.8) is 0 Å². The average molecular weight is 225 g/mol. The minimum atomic E-state index is -0.0716. The zero-order valence-electron chi connectivity index (χ0n) is 9.64. The monoisotopic (exact) mass is 225 g/mol. The number of hydrogen-bond donors (Lipinski definition) is 4. The maximum absolute atomic E-state index is 9.66. The largest absolute Gasteiger partial charge is 0.508 e. The first-order chi connectivity index (χ1) is 7.58. The summed E-state index contributed by atoms with van der Waals surface area (Å²) in [6.07, 6.45) is 0.819. The Labute approximate surface area is 95.6 Å². The van der Waals surface area contributed by atoms with Crippen molar-refractivity contribution in [3.05, 3.63) is 23.8 Å². The highest BCUT2D eigenvalue weighted by molar-refractivity contribution is 5.40. The average Bonchev–Trinajstić information content (AvgIpc) is 2.25. The predicted molar refractivity (Wildman–Crippen MR) is 62.5 cm³/mol. The highest BCUT2D eigenvalue weighted by atomic mass is 16.3. The molecule has 0 fully saturated rings. The van der Waals surface area contributed by atoms with Gasteiger partial charge in [-0.3, -0.25) is 0 Å². The summed E-state index contributed by atoms with van der Waals surface area (Å²) in [7, 11) is 0. The van der Waals surface area contributed by atoms with Crippen molar-refractivity contribution >= 4 is 0 Å². The number of phenolic OH excluding ortho intramolecular Hbond substituents is 2. The van der Waals surface area contributed by atoms with Gasteiger partial charge in [-0.2, -0.15) is 0 Å². The second-order valence-electron chi connectivity index (χ2n) is 3.92. The molecule has 0 radical (unpaired) electrons. The summed E-state index contributed by atoms with van der Waals surface area (Å²) in [6, 6.07) is 4.47. The summed E-state index contributed by atoms with van der Waals surface area (Å²) in [4.78, 5) is 0. The summed E-state index contributed by atoms with van der Waals surface area (Å²) >= 11 is 0. The number of aliphatic hydroxyl groups is 1. The Morgan fingerprint density at radius 1 is 1.31 bits per heavy atom. The maximum Gasteiger partial charge on any atom is 0.124 e. The standard InChI is InChI=1S/C12H19NO3/c1-3-9(7-14)13-8(2)11-5-4-10(15)6-12(11)16/h4-6,8-9,13-16H,3,7H2,1-2H3. The summed E-state index contributed by atoms with van der Waals surface area (Å²) < 4.78 is 0. The molecule has 16 heavy (non-hydrogen) atoms. The third-order valence-electron chi connectivity index (χ3n) is 2.68. The van der Waals surface area contributed by atoms with E-state index >= 15 is 0 Å². The number of benzene rings is 1. The van der Waals surface area contributed by atoms with E-state index in [2.05, 4.69) is 5.32 Å². The van der Waals surface area contributed by atoms with Crippen LogP contribution in [0.4, 0.5) is 0 Å². The second-order valence-corrected chi connectivity index (χ2v) is 3.92. The van der Waals surface area contributed by atoms with Crippen LogP contribution in [0.15, 0.2) is 18.2 Å². The van der Waals surface area contributed by atoms with E-state index < -0.39 is 0 Å². The van der Waals surface area contributed by atoms with E-state index in [1.165, 1.54) is 12.1 Å². The molecule has 1 aromatic rings. The lowest BCUT2D eigenvalue weighted by Gasteiger charge is -2.21. The minimum absolute atomic E-state index is 0.0169. The number of aliphatic hydroxyl groups excluding tert-OH is 1. The highest BCUT2D eigenvalue weighted by Crippen LogP contribution is 2.27. The van der Waals surface area contributed by atoms with Gasteiger partial charge in [0.2, 0.25) is 0 Å². The molecule has 0 aliphatic rings. The molecular weight excluding hydrogens is 206 g/mol. The molecule has 1 aromatic carbocycles. The Morgan fingerprint density at radius 2 is 2.00 bits per heavy atom. The number of rotatable bonds is 5. The van der Waals surface area contributed by atoms with Crippen LogP contribution in [0.2, 0.25) is 0 Å². The fourth-order valence-corrected chi connectivity index (χ4v) is 1.64. The predicted octanol–water partition coefficient (Wildman–Crippen LogP) is 1.52. The normalized spacial score (nSPS) is 14.7. The molecule has 0 aliphatic heterocycles.